The lowest BCUT2D eigenvalue weighted by molar-refractivity contribution is -0.132. The third kappa shape index (κ3) is 4.80. The highest BCUT2D eigenvalue weighted by atomic mass is 35.5. The van der Waals surface area contributed by atoms with Gasteiger partial charge < -0.3 is 19.8 Å². The fourth-order valence-corrected chi connectivity index (χ4v) is 5.19. The van der Waals surface area contributed by atoms with E-state index in [0.717, 1.165) is 19.0 Å². The molecule has 0 radical (unpaired) electrons. The van der Waals surface area contributed by atoms with Crippen molar-refractivity contribution in [2.24, 2.45) is 0 Å². The predicted octanol–water partition coefficient (Wildman–Crippen LogP) is 4.37. The van der Waals surface area contributed by atoms with E-state index in [9.17, 15) is 23.5 Å². The van der Waals surface area contributed by atoms with Crippen LogP contribution in [0, 0.1) is 11.6 Å². The predicted molar refractivity (Wildman–Crippen MR) is 124 cm³/mol. The molecule has 3 heterocycles. The molecule has 2 saturated heterocycles. The highest BCUT2D eigenvalue weighted by Gasteiger charge is 2.44. The van der Waals surface area contributed by atoms with Crippen molar-refractivity contribution in [1.29, 1.82) is 0 Å². The van der Waals surface area contributed by atoms with Crippen LogP contribution in [0.4, 0.5) is 19.4 Å². The lowest BCUT2D eigenvalue weighted by atomic mass is 9.93. The van der Waals surface area contributed by atoms with E-state index >= 15 is 0 Å². The molecular weight excluding hydrogens is 466 g/mol. The highest BCUT2D eigenvalue weighted by Crippen LogP contribution is 2.35. The van der Waals surface area contributed by atoms with Crippen LogP contribution >= 0.6 is 11.6 Å². The molecule has 1 aromatic carbocycles. The van der Waals surface area contributed by atoms with Crippen LogP contribution in [0.2, 0.25) is 5.02 Å². The van der Waals surface area contributed by atoms with Gasteiger partial charge in [-0.2, -0.15) is 0 Å². The number of carboxylic acid groups (broad SMARTS) is 1. The smallest absolute Gasteiger partial charge is 0.407 e. The Labute approximate surface area is 201 Å². The van der Waals surface area contributed by atoms with Gasteiger partial charge in [-0.15, -0.1) is 0 Å². The molecule has 182 valence electrons. The molecule has 2 aliphatic heterocycles. The van der Waals surface area contributed by atoms with Gasteiger partial charge in [0.15, 0.2) is 0 Å². The van der Waals surface area contributed by atoms with Crippen LogP contribution in [0.15, 0.2) is 36.5 Å². The molecule has 0 spiro atoms. The molecular formula is C24H27ClF2N4O3. The maximum Gasteiger partial charge on any atom is 0.407 e. The second-order valence-corrected chi connectivity index (χ2v) is 9.11. The number of likely N-dealkylation sites (tertiary alicyclic amines) is 1. The van der Waals surface area contributed by atoms with Gasteiger partial charge in [0.2, 0.25) is 5.91 Å². The number of nitrogens with zero attached hydrogens (tertiary/aromatic N) is 4. The topological polar surface area (TPSA) is 77.0 Å². The molecule has 0 aliphatic carbocycles. The summed E-state index contributed by atoms with van der Waals surface area (Å²) in [5.74, 6) is -1.02. The SMILES string of the molecule is CCN(C(=O)O)[C@@H]1CN(C(=O)C2CCCCN2c2ccc(F)cn2)C[C@H]1c1ccc(Cl)c(F)c1. The first-order chi connectivity index (χ1) is 16.3. The van der Waals surface area contributed by atoms with E-state index in [1.807, 2.05) is 4.90 Å². The quantitative estimate of drug-likeness (QED) is 0.671. The van der Waals surface area contributed by atoms with E-state index in [4.69, 9.17) is 11.6 Å². The Kier molecular flexibility index (Phi) is 7.21. The van der Waals surface area contributed by atoms with Gasteiger partial charge in [-0.05, 0) is 56.0 Å². The first-order valence-corrected chi connectivity index (χ1v) is 11.8. The summed E-state index contributed by atoms with van der Waals surface area (Å²) in [6, 6.07) is 6.34. The molecule has 1 N–H and O–H groups in total. The number of hydrogen-bond acceptors (Lipinski definition) is 4. The van der Waals surface area contributed by atoms with Crippen molar-refractivity contribution < 1.29 is 23.5 Å². The summed E-state index contributed by atoms with van der Waals surface area (Å²) in [6.07, 6.45) is 2.43. The summed E-state index contributed by atoms with van der Waals surface area (Å²) in [5.41, 5.74) is 0.600. The molecule has 2 aromatic rings. The van der Waals surface area contributed by atoms with Gasteiger partial charge in [-0.1, -0.05) is 17.7 Å². The van der Waals surface area contributed by atoms with Crippen LogP contribution in [0.1, 0.15) is 37.7 Å². The Morgan fingerprint density at radius 3 is 2.65 bits per heavy atom. The third-order valence-electron chi connectivity index (χ3n) is 6.75. The van der Waals surface area contributed by atoms with Crippen LogP contribution in [0.5, 0.6) is 0 Å². The lowest BCUT2D eigenvalue weighted by Crippen LogP contribution is -2.51. The fourth-order valence-electron chi connectivity index (χ4n) is 5.08. The largest absolute Gasteiger partial charge is 0.465 e. The number of rotatable bonds is 5. The molecule has 7 nitrogen and oxygen atoms in total. The Hall–Kier alpha value is -2.94. The van der Waals surface area contributed by atoms with E-state index in [2.05, 4.69) is 4.98 Å². The van der Waals surface area contributed by atoms with Crippen molar-refractivity contribution in [2.75, 3.05) is 31.1 Å². The molecule has 1 unspecified atom stereocenters. The number of likely N-dealkylation sites (N-methyl/N-ethyl adjacent to an activating group) is 1. The number of pyridine rings is 1. The highest BCUT2D eigenvalue weighted by molar-refractivity contribution is 6.30. The summed E-state index contributed by atoms with van der Waals surface area (Å²) in [5, 5.41) is 9.75. The Morgan fingerprint density at radius 2 is 2.00 bits per heavy atom. The summed E-state index contributed by atoms with van der Waals surface area (Å²) in [4.78, 5) is 34.7. The Morgan fingerprint density at radius 1 is 1.21 bits per heavy atom. The van der Waals surface area contributed by atoms with Crippen molar-refractivity contribution in [2.45, 2.75) is 44.2 Å². The molecule has 3 atom stereocenters. The zero-order valence-corrected chi connectivity index (χ0v) is 19.6. The molecule has 4 rings (SSSR count). The van der Waals surface area contributed by atoms with Crippen molar-refractivity contribution in [3.05, 3.63) is 58.7 Å². The number of hydrogen-bond donors (Lipinski definition) is 1. The van der Waals surface area contributed by atoms with Crippen molar-refractivity contribution in [1.82, 2.24) is 14.8 Å². The number of amides is 2. The molecule has 10 heteroatoms. The molecule has 2 amide bonds. The van der Waals surface area contributed by atoms with Gasteiger partial charge in [-0.3, -0.25) is 4.79 Å². The first kappa shape index (κ1) is 24.2. The fraction of sp³-hybridized carbons (Fsp3) is 0.458. The van der Waals surface area contributed by atoms with Crippen molar-refractivity contribution in [3.8, 4) is 0 Å². The average molecular weight is 493 g/mol. The van der Waals surface area contributed by atoms with Crippen molar-refractivity contribution >= 4 is 29.4 Å². The number of halogens is 3. The minimum absolute atomic E-state index is 0.0125. The molecule has 34 heavy (non-hydrogen) atoms. The van der Waals surface area contributed by atoms with Crippen LogP contribution in [-0.2, 0) is 4.79 Å². The van der Waals surface area contributed by atoms with Crippen LogP contribution < -0.4 is 4.90 Å². The average Bonchev–Trinajstić information content (AvgIpc) is 3.26. The van der Waals surface area contributed by atoms with E-state index < -0.39 is 35.7 Å². The number of carbonyl (C=O) groups is 2. The minimum atomic E-state index is -1.09. The first-order valence-electron chi connectivity index (χ1n) is 11.4. The number of aromatic nitrogens is 1. The van der Waals surface area contributed by atoms with Gasteiger partial charge in [0.1, 0.15) is 23.5 Å². The van der Waals surface area contributed by atoms with Gasteiger partial charge >= 0.3 is 6.09 Å². The van der Waals surface area contributed by atoms with Gasteiger partial charge in [0, 0.05) is 32.1 Å². The third-order valence-corrected chi connectivity index (χ3v) is 7.06. The van der Waals surface area contributed by atoms with Crippen molar-refractivity contribution in [3.63, 3.8) is 0 Å². The van der Waals surface area contributed by atoms with E-state index in [1.165, 1.54) is 23.1 Å². The summed E-state index contributed by atoms with van der Waals surface area (Å²) < 4.78 is 27.6. The standard InChI is InChI=1S/C24H27ClF2N4O3/c1-2-30(24(33)34)21-14-29(13-17(21)15-6-8-18(25)19(27)11-15)23(32)20-5-3-4-10-31(20)22-9-7-16(26)12-28-22/h6-9,11-12,17,20-21H,2-5,10,13-14H2,1H3,(H,33,34)/t17-,20?,21+/m0/s1. The zero-order valence-electron chi connectivity index (χ0n) is 18.8. The van der Waals surface area contributed by atoms with E-state index in [0.29, 0.717) is 24.3 Å². The zero-order chi connectivity index (χ0) is 24.4. The number of benzene rings is 1. The van der Waals surface area contributed by atoms with Crippen LogP contribution in [-0.4, -0.2) is 70.2 Å². The molecule has 0 saturated carbocycles. The summed E-state index contributed by atoms with van der Waals surface area (Å²) in [6.45, 7) is 3.06. The second-order valence-electron chi connectivity index (χ2n) is 8.70. The Balaban J connectivity index is 1.62. The summed E-state index contributed by atoms with van der Waals surface area (Å²) in [7, 11) is 0. The molecule has 0 bridgehead atoms. The van der Waals surface area contributed by atoms with Crippen LogP contribution in [0.3, 0.4) is 0 Å². The molecule has 1 aromatic heterocycles. The Bertz CT molecular complexity index is 1060. The minimum Gasteiger partial charge on any atom is -0.465 e. The monoisotopic (exact) mass is 492 g/mol. The maximum atomic E-state index is 14.2. The number of carbonyl (C=O) groups excluding carboxylic acids is 1. The van der Waals surface area contributed by atoms with Gasteiger partial charge in [0.05, 0.1) is 17.3 Å². The lowest BCUT2D eigenvalue weighted by Gasteiger charge is -2.37. The molecule has 2 fully saturated rings. The normalized spacial score (nSPS) is 22.6. The number of anilines is 1. The van der Waals surface area contributed by atoms with E-state index in [-0.39, 0.29) is 30.6 Å². The summed E-state index contributed by atoms with van der Waals surface area (Å²) >= 11 is 5.85. The van der Waals surface area contributed by atoms with Crippen LogP contribution in [0.25, 0.3) is 0 Å². The number of piperidine rings is 1. The van der Waals surface area contributed by atoms with E-state index in [1.54, 1.807) is 24.0 Å². The van der Waals surface area contributed by atoms with Gasteiger partial charge in [0.25, 0.3) is 0 Å². The van der Waals surface area contributed by atoms with Gasteiger partial charge in [-0.25, -0.2) is 18.6 Å². The maximum absolute atomic E-state index is 14.2. The second kappa shape index (κ2) is 10.1. The molecule has 2 aliphatic rings.